The van der Waals surface area contributed by atoms with Crippen LogP contribution in [-0.4, -0.2) is 4.98 Å². The maximum atomic E-state index is 11.3. The van der Waals surface area contributed by atoms with Gasteiger partial charge in [0, 0.05) is 11.8 Å². The van der Waals surface area contributed by atoms with Crippen LogP contribution in [0.15, 0.2) is 41.2 Å². The molecule has 76 valence electrons. The van der Waals surface area contributed by atoms with Crippen LogP contribution in [0.5, 0.6) is 0 Å². The molecule has 0 saturated heterocycles. The Morgan fingerprint density at radius 1 is 0.933 bits per heavy atom. The van der Waals surface area contributed by atoms with Crippen LogP contribution in [0.2, 0.25) is 0 Å². The maximum Gasteiger partial charge on any atom is 0.248 e. The summed E-state index contributed by atoms with van der Waals surface area (Å²) in [5, 5.41) is 0. The highest BCUT2D eigenvalue weighted by Crippen LogP contribution is 2.18. The van der Waals surface area contributed by atoms with Gasteiger partial charge >= 0.3 is 0 Å². The highest BCUT2D eigenvalue weighted by atomic mass is 16.1. The molecular formula is C13H13NO. The molecule has 0 bridgehead atoms. The SMILES string of the molecule is Cc1ccc(-c2cc(C)[nH]c(=O)c2)cc1. The first kappa shape index (κ1) is 9.71. The summed E-state index contributed by atoms with van der Waals surface area (Å²) in [5.41, 5.74) is 4.11. The van der Waals surface area contributed by atoms with Gasteiger partial charge in [0.25, 0.3) is 0 Å². The van der Waals surface area contributed by atoms with Gasteiger partial charge in [-0.3, -0.25) is 4.79 Å². The van der Waals surface area contributed by atoms with Gasteiger partial charge in [-0.25, -0.2) is 0 Å². The van der Waals surface area contributed by atoms with Crippen molar-refractivity contribution >= 4 is 0 Å². The Labute approximate surface area is 88.6 Å². The van der Waals surface area contributed by atoms with Gasteiger partial charge in [0.05, 0.1) is 0 Å². The average molecular weight is 199 g/mol. The Bertz CT molecular complexity index is 523. The fourth-order valence-electron chi connectivity index (χ4n) is 1.60. The summed E-state index contributed by atoms with van der Waals surface area (Å²) in [5.74, 6) is 0. The van der Waals surface area contributed by atoms with Gasteiger partial charge in [0.15, 0.2) is 0 Å². The number of aromatic amines is 1. The van der Waals surface area contributed by atoms with E-state index in [1.54, 1.807) is 6.07 Å². The van der Waals surface area contributed by atoms with Crippen molar-refractivity contribution in [1.29, 1.82) is 0 Å². The third kappa shape index (κ3) is 2.15. The van der Waals surface area contributed by atoms with E-state index in [0.29, 0.717) is 0 Å². The number of aryl methyl sites for hydroxylation is 2. The number of rotatable bonds is 1. The molecule has 0 atom stereocenters. The molecule has 15 heavy (non-hydrogen) atoms. The van der Waals surface area contributed by atoms with Gasteiger partial charge in [-0.1, -0.05) is 29.8 Å². The Morgan fingerprint density at radius 2 is 1.60 bits per heavy atom. The second kappa shape index (κ2) is 3.73. The van der Waals surface area contributed by atoms with Crippen molar-refractivity contribution in [1.82, 2.24) is 4.98 Å². The Balaban J connectivity index is 2.54. The van der Waals surface area contributed by atoms with Crippen molar-refractivity contribution in [3.05, 3.63) is 58.0 Å². The fourth-order valence-corrected chi connectivity index (χ4v) is 1.60. The van der Waals surface area contributed by atoms with Crippen LogP contribution in [0.3, 0.4) is 0 Å². The van der Waals surface area contributed by atoms with E-state index in [4.69, 9.17) is 0 Å². The van der Waals surface area contributed by atoms with E-state index in [1.165, 1.54) is 5.56 Å². The molecule has 0 amide bonds. The molecule has 2 aromatic rings. The molecule has 2 nitrogen and oxygen atoms in total. The number of pyridine rings is 1. The van der Waals surface area contributed by atoms with Crippen LogP contribution in [0.1, 0.15) is 11.3 Å². The molecule has 0 unspecified atom stereocenters. The van der Waals surface area contributed by atoms with Crippen LogP contribution in [0, 0.1) is 13.8 Å². The lowest BCUT2D eigenvalue weighted by atomic mass is 10.0. The minimum absolute atomic E-state index is 0.0504. The molecule has 1 aromatic heterocycles. The highest BCUT2D eigenvalue weighted by molar-refractivity contribution is 5.63. The van der Waals surface area contributed by atoms with Gasteiger partial charge in [-0.2, -0.15) is 0 Å². The molecule has 0 fully saturated rings. The smallest absolute Gasteiger partial charge is 0.248 e. The molecule has 0 aliphatic heterocycles. The van der Waals surface area contributed by atoms with E-state index < -0.39 is 0 Å². The lowest BCUT2D eigenvalue weighted by Gasteiger charge is -2.02. The molecule has 2 heteroatoms. The lowest BCUT2D eigenvalue weighted by molar-refractivity contribution is 1.14. The number of aromatic nitrogens is 1. The summed E-state index contributed by atoms with van der Waals surface area (Å²) in [4.78, 5) is 14.0. The summed E-state index contributed by atoms with van der Waals surface area (Å²) < 4.78 is 0. The molecule has 1 N–H and O–H groups in total. The second-order valence-electron chi connectivity index (χ2n) is 3.78. The maximum absolute atomic E-state index is 11.3. The summed E-state index contributed by atoms with van der Waals surface area (Å²) >= 11 is 0. The van der Waals surface area contributed by atoms with Gasteiger partial charge < -0.3 is 4.98 Å². The summed E-state index contributed by atoms with van der Waals surface area (Å²) in [6.07, 6.45) is 0. The molecule has 0 saturated carbocycles. The van der Waals surface area contributed by atoms with Crippen LogP contribution < -0.4 is 5.56 Å². The zero-order chi connectivity index (χ0) is 10.8. The molecule has 2 rings (SSSR count). The topological polar surface area (TPSA) is 32.9 Å². The first-order chi connectivity index (χ1) is 7.15. The third-order valence-electron chi connectivity index (χ3n) is 2.36. The van der Waals surface area contributed by atoms with Crippen molar-refractivity contribution in [3.63, 3.8) is 0 Å². The number of nitrogens with one attached hydrogen (secondary N) is 1. The third-order valence-corrected chi connectivity index (χ3v) is 2.36. The summed E-state index contributed by atoms with van der Waals surface area (Å²) in [7, 11) is 0. The molecule has 0 spiro atoms. The van der Waals surface area contributed by atoms with Crippen LogP contribution >= 0.6 is 0 Å². The van der Waals surface area contributed by atoms with Crippen molar-refractivity contribution in [3.8, 4) is 11.1 Å². The standard InChI is InChI=1S/C13H13NO/c1-9-3-5-11(6-4-9)12-7-10(2)14-13(15)8-12/h3-8H,1-2H3,(H,14,15). The van der Waals surface area contributed by atoms with Gasteiger partial charge in [-0.05, 0) is 31.0 Å². The van der Waals surface area contributed by atoms with Crippen molar-refractivity contribution in [2.75, 3.05) is 0 Å². The molecule has 1 aromatic carbocycles. The predicted octanol–water partition coefficient (Wildman–Crippen LogP) is 2.66. The average Bonchev–Trinajstić information content (AvgIpc) is 2.17. The van der Waals surface area contributed by atoms with Crippen LogP contribution in [-0.2, 0) is 0 Å². The van der Waals surface area contributed by atoms with E-state index >= 15 is 0 Å². The Hall–Kier alpha value is -1.83. The van der Waals surface area contributed by atoms with Crippen molar-refractivity contribution < 1.29 is 0 Å². The number of H-pyrrole nitrogens is 1. The second-order valence-corrected chi connectivity index (χ2v) is 3.78. The summed E-state index contributed by atoms with van der Waals surface area (Å²) in [6.45, 7) is 3.94. The first-order valence-corrected chi connectivity index (χ1v) is 4.93. The zero-order valence-electron chi connectivity index (χ0n) is 8.87. The van der Waals surface area contributed by atoms with E-state index in [1.807, 2.05) is 44.2 Å². The van der Waals surface area contributed by atoms with Crippen LogP contribution in [0.25, 0.3) is 11.1 Å². The molecule has 1 heterocycles. The zero-order valence-corrected chi connectivity index (χ0v) is 8.87. The summed E-state index contributed by atoms with van der Waals surface area (Å²) in [6, 6.07) is 11.8. The highest BCUT2D eigenvalue weighted by Gasteiger charge is 1.99. The normalized spacial score (nSPS) is 10.3. The van der Waals surface area contributed by atoms with E-state index in [-0.39, 0.29) is 5.56 Å². The number of hydrogen-bond donors (Lipinski definition) is 1. The van der Waals surface area contributed by atoms with Crippen LogP contribution in [0.4, 0.5) is 0 Å². The minimum atomic E-state index is -0.0504. The van der Waals surface area contributed by atoms with Gasteiger partial charge in [0.2, 0.25) is 5.56 Å². The lowest BCUT2D eigenvalue weighted by Crippen LogP contribution is -2.05. The van der Waals surface area contributed by atoms with Crippen molar-refractivity contribution in [2.24, 2.45) is 0 Å². The monoisotopic (exact) mass is 199 g/mol. The molecule has 0 aliphatic carbocycles. The largest absolute Gasteiger partial charge is 0.326 e. The van der Waals surface area contributed by atoms with E-state index in [0.717, 1.165) is 16.8 Å². The molecular weight excluding hydrogens is 186 g/mol. The first-order valence-electron chi connectivity index (χ1n) is 4.93. The van der Waals surface area contributed by atoms with Gasteiger partial charge in [-0.15, -0.1) is 0 Å². The number of hydrogen-bond acceptors (Lipinski definition) is 1. The van der Waals surface area contributed by atoms with E-state index in [2.05, 4.69) is 4.98 Å². The quantitative estimate of drug-likeness (QED) is 0.752. The molecule has 0 radical (unpaired) electrons. The Morgan fingerprint density at radius 3 is 2.20 bits per heavy atom. The minimum Gasteiger partial charge on any atom is -0.326 e. The number of benzene rings is 1. The Kier molecular flexibility index (Phi) is 2.42. The van der Waals surface area contributed by atoms with Gasteiger partial charge in [0.1, 0.15) is 0 Å². The van der Waals surface area contributed by atoms with Crippen molar-refractivity contribution in [2.45, 2.75) is 13.8 Å². The van der Waals surface area contributed by atoms with E-state index in [9.17, 15) is 4.79 Å². The predicted molar refractivity (Wildman–Crippen MR) is 62.0 cm³/mol. The molecule has 0 aliphatic rings. The fraction of sp³-hybridized carbons (Fsp3) is 0.154.